The Morgan fingerprint density at radius 3 is 2.63 bits per heavy atom. The normalized spacial score (nSPS) is 14.9. The fourth-order valence-electron chi connectivity index (χ4n) is 3.08. The highest BCUT2D eigenvalue weighted by Gasteiger charge is 2.21. The number of piperazine rings is 1. The van der Waals surface area contributed by atoms with Gasteiger partial charge in [0.2, 0.25) is 0 Å². The van der Waals surface area contributed by atoms with E-state index in [9.17, 15) is 4.79 Å². The first-order valence-electron chi connectivity index (χ1n) is 8.95. The number of nitrogens with one attached hydrogen (secondary N) is 1. The molecule has 1 amide bonds. The lowest BCUT2D eigenvalue weighted by molar-refractivity contribution is 0.102. The van der Waals surface area contributed by atoms with Gasteiger partial charge in [0, 0.05) is 31.7 Å². The standard InChI is InChI=1S/C20H23BrClN3O2/c1-3-27-18-8-7-14(13-15(18)21)20(26)23-17-6-4-5-16(22)19(17)25-11-9-24(2)10-12-25/h4-8,13H,3,9-12H2,1-2H3,(H,23,26). The SMILES string of the molecule is CCOc1ccc(C(=O)Nc2cccc(Cl)c2N2CCN(C)CC2)cc1Br. The summed E-state index contributed by atoms with van der Waals surface area (Å²) in [7, 11) is 2.11. The summed E-state index contributed by atoms with van der Waals surface area (Å²) in [5.74, 6) is 0.534. The molecule has 27 heavy (non-hydrogen) atoms. The number of halogens is 2. The molecular weight excluding hydrogens is 430 g/mol. The Balaban J connectivity index is 1.82. The summed E-state index contributed by atoms with van der Waals surface area (Å²) in [4.78, 5) is 17.3. The largest absolute Gasteiger partial charge is 0.493 e. The molecule has 2 aromatic rings. The summed E-state index contributed by atoms with van der Waals surface area (Å²) in [5.41, 5.74) is 2.15. The Morgan fingerprint density at radius 1 is 1.22 bits per heavy atom. The van der Waals surface area contributed by atoms with Crippen molar-refractivity contribution < 1.29 is 9.53 Å². The lowest BCUT2D eigenvalue weighted by Gasteiger charge is -2.35. The molecule has 0 spiro atoms. The van der Waals surface area contributed by atoms with Crippen LogP contribution >= 0.6 is 27.5 Å². The number of nitrogens with zero attached hydrogens (tertiary/aromatic N) is 2. The van der Waals surface area contributed by atoms with Gasteiger partial charge in [0.05, 0.1) is 27.5 Å². The predicted molar refractivity (Wildman–Crippen MR) is 114 cm³/mol. The molecule has 2 aromatic carbocycles. The van der Waals surface area contributed by atoms with E-state index in [1.54, 1.807) is 18.2 Å². The third kappa shape index (κ3) is 4.75. The zero-order chi connectivity index (χ0) is 19.4. The van der Waals surface area contributed by atoms with E-state index >= 15 is 0 Å². The van der Waals surface area contributed by atoms with Gasteiger partial charge in [-0.2, -0.15) is 0 Å². The van der Waals surface area contributed by atoms with Gasteiger partial charge in [-0.15, -0.1) is 0 Å². The van der Waals surface area contributed by atoms with Gasteiger partial charge in [-0.05, 0) is 60.2 Å². The van der Waals surface area contributed by atoms with Crippen molar-refractivity contribution in [3.05, 3.63) is 51.5 Å². The molecule has 0 aromatic heterocycles. The maximum absolute atomic E-state index is 12.8. The highest BCUT2D eigenvalue weighted by Crippen LogP contribution is 2.35. The molecule has 0 atom stereocenters. The number of likely N-dealkylation sites (N-methyl/N-ethyl adjacent to an activating group) is 1. The number of carbonyl (C=O) groups is 1. The summed E-state index contributed by atoms with van der Waals surface area (Å²) in [5, 5.41) is 3.66. The number of benzene rings is 2. The van der Waals surface area contributed by atoms with Gasteiger partial charge < -0.3 is 19.9 Å². The summed E-state index contributed by atoms with van der Waals surface area (Å²) < 4.78 is 6.26. The van der Waals surface area contributed by atoms with Crippen molar-refractivity contribution in [1.29, 1.82) is 0 Å². The number of hydrogen-bond acceptors (Lipinski definition) is 4. The topological polar surface area (TPSA) is 44.8 Å². The van der Waals surface area contributed by atoms with Gasteiger partial charge in [-0.1, -0.05) is 17.7 Å². The highest BCUT2D eigenvalue weighted by atomic mass is 79.9. The molecule has 1 aliphatic heterocycles. The zero-order valence-corrected chi connectivity index (χ0v) is 17.8. The Kier molecular flexibility index (Phi) is 6.63. The Bertz CT molecular complexity index is 823. The number of hydrogen-bond donors (Lipinski definition) is 1. The molecule has 1 aliphatic rings. The van der Waals surface area contributed by atoms with Crippen molar-refractivity contribution in [3.8, 4) is 5.75 Å². The van der Waals surface area contributed by atoms with Crippen LogP contribution in [0.3, 0.4) is 0 Å². The number of anilines is 2. The van der Waals surface area contributed by atoms with Gasteiger partial charge in [0.1, 0.15) is 5.75 Å². The van der Waals surface area contributed by atoms with Gasteiger partial charge in [0.25, 0.3) is 5.91 Å². The van der Waals surface area contributed by atoms with Crippen LogP contribution in [0, 0.1) is 0 Å². The zero-order valence-electron chi connectivity index (χ0n) is 15.5. The molecule has 1 heterocycles. The fourth-order valence-corrected chi connectivity index (χ4v) is 3.86. The minimum Gasteiger partial charge on any atom is -0.493 e. The van der Waals surface area contributed by atoms with Gasteiger partial charge in [0.15, 0.2) is 0 Å². The van der Waals surface area contributed by atoms with Crippen molar-refractivity contribution in [2.45, 2.75) is 6.92 Å². The van der Waals surface area contributed by atoms with Gasteiger partial charge in [-0.3, -0.25) is 4.79 Å². The number of amides is 1. The highest BCUT2D eigenvalue weighted by molar-refractivity contribution is 9.10. The average Bonchev–Trinajstić information content (AvgIpc) is 2.65. The second-order valence-corrected chi connectivity index (χ2v) is 7.72. The van der Waals surface area contributed by atoms with E-state index in [1.165, 1.54) is 0 Å². The maximum Gasteiger partial charge on any atom is 0.255 e. The van der Waals surface area contributed by atoms with E-state index < -0.39 is 0 Å². The van der Waals surface area contributed by atoms with E-state index in [0.29, 0.717) is 17.2 Å². The van der Waals surface area contributed by atoms with Gasteiger partial charge >= 0.3 is 0 Å². The Labute approximate surface area is 173 Å². The number of para-hydroxylation sites is 1. The molecule has 1 fully saturated rings. The van der Waals surface area contributed by atoms with Crippen molar-refractivity contribution in [2.75, 3.05) is 50.1 Å². The minimum absolute atomic E-state index is 0.184. The van der Waals surface area contributed by atoms with Gasteiger partial charge in [-0.25, -0.2) is 0 Å². The van der Waals surface area contributed by atoms with Crippen LogP contribution in [0.1, 0.15) is 17.3 Å². The van der Waals surface area contributed by atoms with Crippen LogP contribution in [-0.4, -0.2) is 50.6 Å². The summed E-state index contributed by atoms with van der Waals surface area (Å²) in [6.45, 7) is 6.16. The molecule has 3 rings (SSSR count). The van der Waals surface area contributed by atoms with E-state index in [1.807, 2.05) is 25.1 Å². The first kappa shape index (κ1) is 20.0. The second kappa shape index (κ2) is 8.95. The fraction of sp³-hybridized carbons (Fsp3) is 0.350. The molecule has 5 nitrogen and oxygen atoms in total. The van der Waals surface area contributed by atoms with E-state index in [4.69, 9.17) is 16.3 Å². The molecule has 0 bridgehead atoms. The van der Waals surface area contributed by atoms with Crippen molar-refractivity contribution in [3.63, 3.8) is 0 Å². The molecule has 0 unspecified atom stereocenters. The third-order valence-electron chi connectivity index (χ3n) is 4.55. The Morgan fingerprint density at radius 2 is 1.96 bits per heavy atom. The van der Waals surface area contributed by atoms with E-state index in [-0.39, 0.29) is 5.91 Å². The second-order valence-electron chi connectivity index (χ2n) is 6.46. The summed E-state index contributed by atoms with van der Waals surface area (Å²) >= 11 is 9.94. The summed E-state index contributed by atoms with van der Waals surface area (Å²) in [6.07, 6.45) is 0. The maximum atomic E-state index is 12.8. The first-order valence-corrected chi connectivity index (χ1v) is 10.1. The van der Waals surface area contributed by atoms with Crippen molar-refractivity contribution in [2.24, 2.45) is 0 Å². The van der Waals surface area contributed by atoms with Crippen LogP contribution in [0.15, 0.2) is 40.9 Å². The molecule has 0 radical (unpaired) electrons. The first-order chi connectivity index (χ1) is 13.0. The molecule has 1 saturated heterocycles. The number of rotatable bonds is 5. The number of carbonyl (C=O) groups excluding carboxylic acids is 1. The molecule has 0 aliphatic carbocycles. The minimum atomic E-state index is -0.184. The van der Waals surface area contributed by atoms with Crippen LogP contribution in [0.2, 0.25) is 5.02 Å². The van der Waals surface area contributed by atoms with E-state index in [2.05, 4.69) is 38.1 Å². The number of ether oxygens (including phenoxy) is 1. The smallest absolute Gasteiger partial charge is 0.255 e. The third-order valence-corrected chi connectivity index (χ3v) is 5.47. The van der Waals surface area contributed by atoms with E-state index in [0.717, 1.165) is 47.8 Å². The summed E-state index contributed by atoms with van der Waals surface area (Å²) in [6, 6.07) is 10.9. The average molecular weight is 453 g/mol. The molecule has 1 N–H and O–H groups in total. The van der Waals surface area contributed by atoms with Crippen LogP contribution < -0.4 is 15.0 Å². The van der Waals surface area contributed by atoms with Crippen LogP contribution in [0.5, 0.6) is 5.75 Å². The molecular formula is C20H23BrClN3O2. The van der Waals surface area contributed by atoms with Crippen LogP contribution in [0.4, 0.5) is 11.4 Å². The molecule has 7 heteroatoms. The molecule has 144 valence electrons. The molecule has 0 saturated carbocycles. The monoisotopic (exact) mass is 451 g/mol. The van der Waals surface area contributed by atoms with Crippen LogP contribution in [0.25, 0.3) is 0 Å². The van der Waals surface area contributed by atoms with Crippen molar-refractivity contribution in [1.82, 2.24) is 4.90 Å². The lowest BCUT2D eigenvalue weighted by Crippen LogP contribution is -2.44. The quantitative estimate of drug-likeness (QED) is 0.725. The van der Waals surface area contributed by atoms with Crippen molar-refractivity contribution >= 4 is 44.8 Å². The Hall–Kier alpha value is -1.76. The predicted octanol–water partition coefficient (Wildman–Crippen LogP) is 4.51. The lowest BCUT2D eigenvalue weighted by atomic mass is 10.1. The van der Waals surface area contributed by atoms with Crippen LogP contribution in [-0.2, 0) is 0 Å².